The number of benzene rings is 2. The van der Waals surface area contributed by atoms with Gasteiger partial charge in [0.05, 0.1) is 11.6 Å². The molecule has 0 fully saturated rings. The summed E-state index contributed by atoms with van der Waals surface area (Å²) in [4.78, 5) is 27.3. The lowest BCUT2D eigenvalue weighted by Gasteiger charge is -2.41. The molecule has 2 atom stereocenters. The van der Waals surface area contributed by atoms with Gasteiger partial charge in [-0.15, -0.1) is 0 Å². The van der Waals surface area contributed by atoms with E-state index in [-0.39, 0.29) is 23.4 Å². The fourth-order valence-electron chi connectivity index (χ4n) is 4.18. The normalized spacial score (nSPS) is 18.0. The first-order valence-corrected chi connectivity index (χ1v) is 10.2. The number of nitrogens with zero attached hydrogens (tertiary/aromatic N) is 2. The number of aromatic carboxylic acids is 1. The average Bonchev–Trinajstić information content (AvgIpc) is 2.70. The maximum Gasteiger partial charge on any atom is 0.335 e. The van der Waals surface area contributed by atoms with Gasteiger partial charge in [0.2, 0.25) is 5.91 Å². The Bertz CT molecular complexity index is 968. The zero-order valence-corrected chi connectivity index (χ0v) is 18.6. The molecule has 0 saturated carbocycles. The summed E-state index contributed by atoms with van der Waals surface area (Å²) in [7, 11) is 5.48. The quantitative estimate of drug-likeness (QED) is 0.780. The van der Waals surface area contributed by atoms with Crippen LogP contribution >= 0.6 is 0 Å². The Hall–Kier alpha value is -3.02. The predicted octanol–water partition coefficient (Wildman–Crippen LogP) is 4.03. The number of nitrogens with one attached hydrogen (secondary N) is 1. The van der Waals surface area contributed by atoms with E-state index in [0.717, 1.165) is 28.9 Å². The van der Waals surface area contributed by atoms with Crippen LogP contribution in [0.25, 0.3) is 0 Å². The third kappa shape index (κ3) is 4.13. The molecular formula is C24H31N3O3. The first-order valence-electron chi connectivity index (χ1n) is 10.2. The molecule has 0 bridgehead atoms. The number of hydrogen-bond acceptors (Lipinski definition) is 4. The second kappa shape index (κ2) is 8.01. The number of amides is 1. The van der Waals surface area contributed by atoms with Crippen LogP contribution in [0.3, 0.4) is 0 Å². The molecular weight excluding hydrogens is 378 g/mol. The van der Waals surface area contributed by atoms with Gasteiger partial charge >= 0.3 is 5.97 Å². The average molecular weight is 410 g/mol. The molecule has 30 heavy (non-hydrogen) atoms. The van der Waals surface area contributed by atoms with Gasteiger partial charge in [-0.25, -0.2) is 4.79 Å². The molecule has 160 valence electrons. The number of hydrogen-bond donors (Lipinski definition) is 2. The Kier molecular flexibility index (Phi) is 5.79. The minimum Gasteiger partial charge on any atom is -0.478 e. The Morgan fingerprint density at radius 3 is 2.47 bits per heavy atom. The van der Waals surface area contributed by atoms with E-state index in [1.807, 2.05) is 37.1 Å². The van der Waals surface area contributed by atoms with Gasteiger partial charge in [-0.2, -0.15) is 0 Å². The molecule has 2 aromatic rings. The van der Waals surface area contributed by atoms with Crippen molar-refractivity contribution in [2.45, 2.75) is 39.3 Å². The van der Waals surface area contributed by atoms with E-state index in [0.29, 0.717) is 5.56 Å². The molecule has 0 saturated heterocycles. The number of carboxylic acids is 1. The minimum absolute atomic E-state index is 0.0576. The third-order valence-corrected chi connectivity index (χ3v) is 6.07. The summed E-state index contributed by atoms with van der Waals surface area (Å²) in [5.41, 5.74) is 4.32. The van der Waals surface area contributed by atoms with Crippen LogP contribution in [0.5, 0.6) is 0 Å². The summed E-state index contributed by atoms with van der Waals surface area (Å²) in [5, 5.41) is 12.9. The van der Waals surface area contributed by atoms with Crippen LogP contribution in [-0.4, -0.2) is 49.1 Å². The van der Waals surface area contributed by atoms with Crippen LogP contribution < -0.4 is 10.2 Å². The maximum atomic E-state index is 12.4. The molecule has 0 spiro atoms. The number of fused-ring (bicyclic) bond motifs is 1. The van der Waals surface area contributed by atoms with Gasteiger partial charge in [0, 0.05) is 32.5 Å². The van der Waals surface area contributed by atoms with Crippen LogP contribution in [-0.2, 0) is 11.2 Å². The summed E-state index contributed by atoms with van der Waals surface area (Å²) >= 11 is 0. The van der Waals surface area contributed by atoms with Gasteiger partial charge in [-0.3, -0.25) is 4.79 Å². The highest BCUT2D eigenvalue weighted by Gasteiger charge is 2.36. The van der Waals surface area contributed by atoms with Crippen molar-refractivity contribution >= 4 is 23.3 Å². The van der Waals surface area contributed by atoms with E-state index in [2.05, 4.69) is 31.3 Å². The number of carbonyl (C=O) groups excluding carboxylic acids is 1. The van der Waals surface area contributed by atoms with Crippen molar-refractivity contribution in [3.63, 3.8) is 0 Å². The number of carbonyl (C=O) groups is 2. The molecule has 3 rings (SSSR count). The van der Waals surface area contributed by atoms with Crippen LogP contribution in [0.2, 0.25) is 0 Å². The van der Waals surface area contributed by atoms with Gasteiger partial charge in [-0.1, -0.05) is 26.0 Å². The highest BCUT2D eigenvalue weighted by Crippen LogP contribution is 2.45. The van der Waals surface area contributed by atoms with Gasteiger partial charge in [0.25, 0.3) is 0 Å². The summed E-state index contributed by atoms with van der Waals surface area (Å²) in [5.74, 6) is -0.850. The Balaban J connectivity index is 1.91. The third-order valence-electron chi connectivity index (χ3n) is 6.07. The van der Waals surface area contributed by atoms with Crippen molar-refractivity contribution in [2.24, 2.45) is 5.41 Å². The number of carboxylic acid groups (broad SMARTS) is 1. The molecule has 2 aromatic carbocycles. The van der Waals surface area contributed by atoms with Crippen molar-refractivity contribution in [3.05, 3.63) is 59.2 Å². The lowest BCUT2D eigenvalue weighted by molar-refractivity contribution is -0.129. The topological polar surface area (TPSA) is 72.9 Å². The van der Waals surface area contributed by atoms with Gasteiger partial charge in [0.1, 0.15) is 6.04 Å². The van der Waals surface area contributed by atoms with Crippen LogP contribution in [0.4, 0.5) is 11.4 Å². The summed E-state index contributed by atoms with van der Waals surface area (Å²) in [6.07, 6.45) is 0.775. The zero-order valence-electron chi connectivity index (χ0n) is 18.6. The maximum absolute atomic E-state index is 12.4. The predicted molar refractivity (Wildman–Crippen MR) is 120 cm³/mol. The second-order valence-corrected chi connectivity index (χ2v) is 9.03. The lowest BCUT2D eigenvalue weighted by atomic mass is 9.72. The van der Waals surface area contributed by atoms with Crippen molar-refractivity contribution in [1.82, 2.24) is 4.90 Å². The van der Waals surface area contributed by atoms with Crippen molar-refractivity contribution in [2.75, 3.05) is 31.4 Å². The van der Waals surface area contributed by atoms with E-state index in [1.54, 1.807) is 31.1 Å². The highest BCUT2D eigenvalue weighted by molar-refractivity contribution is 5.88. The van der Waals surface area contributed by atoms with E-state index in [9.17, 15) is 14.7 Å². The number of likely N-dealkylation sites (N-methyl/N-ethyl adjacent to an activating group) is 2. The Labute approximate surface area is 178 Å². The van der Waals surface area contributed by atoms with E-state index in [1.165, 1.54) is 0 Å². The van der Waals surface area contributed by atoms with E-state index < -0.39 is 5.97 Å². The molecule has 1 aliphatic rings. The van der Waals surface area contributed by atoms with Crippen LogP contribution in [0.15, 0.2) is 42.5 Å². The van der Waals surface area contributed by atoms with Crippen molar-refractivity contribution in [1.29, 1.82) is 0 Å². The van der Waals surface area contributed by atoms with Crippen LogP contribution in [0, 0.1) is 5.41 Å². The molecule has 1 amide bonds. The lowest BCUT2D eigenvalue weighted by Crippen LogP contribution is -2.42. The smallest absolute Gasteiger partial charge is 0.335 e. The molecule has 1 heterocycles. The van der Waals surface area contributed by atoms with Gasteiger partial charge in [0.15, 0.2) is 0 Å². The Morgan fingerprint density at radius 1 is 1.13 bits per heavy atom. The molecule has 2 N–H and O–H groups in total. The molecule has 1 aliphatic heterocycles. The van der Waals surface area contributed by atoms with E-state index >= 15 is 0 Å². The fourth-order valence-corrected chi connectivity index (χ4v) is 4.18. The zero-order chi connectivity index (χ0) is 22.2. The minimum atomic E-state index is -0.908. The molecule has 0 aliphatic carbocycles. The molecule has 0 aromatic heterocycles. The van der Waals surface area contributed by atoms with Crippen LogP contribution in [0.1, 0.15) is 48.3 Å². The number of anilines is 2. The van der Waals surface area contributed by atoms with E-state index in [4.69, 9.17) is 0 Å². The summed E-state index contributed by atoms with van der Waals surface area (Å²) in [6.45, 7) is 6.29. The second-order valence-electron chi connectivity index (χ2n) is 9.03. The largest absolute Gasteiger partial charge is 0.478 e. The number of rotatable bonds is 5. The van der Waals surface area contributed by atoms with Gasteiger partial charge in [-0.05, 0) is 60.2 Å². The SMILES string of the molecule is CC(C(=O)N(C)C)N(C)c1cccc(C2Nc3ccc(C(=O)O)cc3CC2(C)C)c1. The Morgan fingerprint density at radius 2 is 1.83 bits per heavy atom. The van der Waals surface area contributed by atoms with Gasteiger partial charge < -0.3 is 20.2 Å². The standard InChI is InChI=1S/C24H31N3O3/c1-15(22(28)26(4)5)27(6)19-9-7-8-16(13-19)21-24(2,3)14-18-12-17(23(29)30)10-11-20(18)25-21/h7-13,15,21,25H,14H2,1-6H3,(H,29,30). The first-order chi connectivity index (χ1) is 14.0. The molecule has 6 nitrogen and oxygen atoms in total. The van der Waals surface area contributed by atoms with Crippen molar-refractivity contribution < 1.29 is 14.7 Å². The molecule has 2 unspecified atom stereocenters. The molecule has 6 heteroatoms. The molecule has 0 radical (unpaired) electrons. The monoisotopic (exact) mass is 409 g/mol. The first kappa shape index (κ1) is 21.7. The summed E-state index contributed by atoms with van der Waals surface area (Å²) in [6, 6.07) is 13.3. The van der Waals surface area contributed by atoms with Crippen molar-refractivity contribution in [3.8, 4) is 0 Å². The summed E-state index contributed by atoms with van der Waals surface area (Å²) < 4.78 is 0. The highest BCUT2D eigenvalue weighted by atomic mass is 16.4. The fraction of sp³-hybridized carbons (Fsp3) is 0.417.